The number of amides is 2. The fraction of sp³-hybridized carbons (Fsp3) is 0.405. The molecule has 0 saturated heterocycles. The number of hydrogen-bond acceptors (Lipinski definition) is 6. The molecule has 1 N–H and O–H groups in total. The van der Waals surface area contributed by atoms with E-state index in [1.807, 2.05) is 32.9 Å². The molecule has 1 aliphatic carbocycles. The molecule has 51 heavy (non-hydrogen) atoms. The highest BCUT2D eigenvalue weighted by Gasteiger charge is 2.35. The van der Waals surface area contributed by atoms with Crippen LogP contribution in [0.4, 0.5) is 13.6 Å². The van der Waals surface area contributed by atoms with Crippen LogP contribution in [-0.2, 0) is 16.6 Å². The van der Waals surface area contributed by atoms with E-state index in [1.165, 1.54) is 38.2 Å². The summed E-state index contributed by atoms with van der Waals surface area (Å²) in [5.41, 5.74) is 1.59. The van der Waals surface area contributed by atoms with Gasteiger partial charge in [0, 0.05) is 44.3 Å². The molecule has 3 aromatic carbocycles. The van der Waals surface area contributed by atoms with Crippen LogP contribution in [-0.4, -0.2) is 79.0 Å². The number of carboxylic acid groups (broad SMARTS) is 1. The molecule has 9 nitrogen and oxygen atoms in total. The quantitative estimate of drug-likeness (QED) is 0.173. The SMILES string of the molecule is COc1ccc(-c2ccc(S(=O)(=O)N(C)C)cc2)cc1CN(C(=O)c1sc2c(F)ccc(F)c2c1Cl)C1CCC(CN(C(=O)O)C(C)(C)C)CC1. The van der Waals surface area contributed by atoms with E-state index in [1.54, 1.807) is 23.1 Å². The molecule has 1 aromatic heterocycles. The lowest BCUT2D eigenvalue weighted by molar-refractivity contribution is 0.0535. The lowest BCUT2D eigenvalue weighted by Crippen LogP contribution is -2.48. The summed E-state index contributed by atoms with van der Waals surface area (Å²) >= 11 is 7.43. The van der Waals surface area contributed by atoms with E-state index in [4.69, 9.17) is 16.3 Å². The van der Waals surface area contributed by atoms with Crippen LogP contribution in [0.2, 0.25) is 5.02 Å². The summed E-state index contributed by atoms with van der Waals surface area (Å²) in [6, 6.07) is 13.7. The molecule has 0 radical (unpaired) electrons. The number of carbonyl (C=O) groups excluding carboxylic acids is 1. The van der Waals surface area contributed by atoms with Crippen LogP contribution in [0.5, 0.6) is 5.75 Å². The minimum absolute atomic E-state index is 0.0235. The van der Waals surface area contributed by atoms with Crippen molar-refractivity contribution in [3.63, 3.8) is 0 Å². The molecule has 4 aromatic rings. The number of halogens is 3. The van der Waals surface area contributed by atoms with Gasteiger partial charge in [-0.05, 0) is 99.9 Å². The second kappa shape index (κ2) is 15.1. The van der Waals surface area contributed by atoms with Gasteiger partial charge in [-0.3, -0.25) is 4.79 Å². The number of fused-ring (bicyclic) bond motifs is 1. The molecule has 5 rings (SSSR count). The molecule has 1 heterocycles. The zero-order valence-corrected chi connectivity index (χ0v) is 31.8. The van der Waals surface area contributed by atoms with Crippen molar-refractivity contribution >= 4 is 55.0 Å². The van der Waals surface area contributed by atoms with Gasteiger partial charge in [0.05, 0.1) is 27.1 Å². The molecule has 0 bridgehead atoms. The Balaban J connectivity index is 1.50. The van der Waals surface area contributed by atoms with E-state index in [9.17, 15) is 31.9 Å². The molecule has 2 amide bonds. The Morgan fingerprint density at radius 2 is 1.57 bits per heavy atom. The molecule has 1 saturated carbocycles. The first-order valence-electron chi connectivity index (χ1n) is 16.5. The Hall–Kier alpha value is -3.78. The Labute approximate surface area is 306 Å². The number of hydrogen-bond donors (Lipinski definition) is 1. The highest BCUT2D eigenvalue weighted by Crippen LogP contribution is 2.41. The van der Waals surface area contributed by atoms with Crippen LogP contribution in [0.25, 0.3) is 21.2 Å². The van der Waals surface area contributed by atoms with Crippen molar-refractivity contribution in [1.29, 1.82) is 0 Å². The van der Waals surface area contributed by atoms with E-state index < -0.39 is 39.2 Å². The van der Waals surface area contributed by atoms with Crippen molar-refractivity contribution in [2.45, 2.75) is 69.5 Å². The van der Waals surface area contributed by atoms with E-state index in [2.05, 4.69) is 0 Å². The topological polar surface area (TPSA) is 107 Å². The van der Waals surface area contributed by atoms with Crippen LogP contribution in [0.1, 0.15) is 61.7 Å². The van der Waals surface area contributed by atoms with Crippen LogP contribution in [0, 0.1) is 17.6 Å². The van der Waals surface area contributed by atoms with Crippen LogP contribution in [0.15, 0.2) is 59.5 Å². The molecule has 0 aliphatic heterocycles. The molecule has 14 heteroatoms. The number of carbonyl (C=O) groups is 2. The third kappa shape index (κ3) is 8.01. The molecule has 274 valence electrons. The second-order valence-corrected chi connectivity index (χ2v) is 17.5. The Morgan fingerprint density at radius 1 is 0.961 bits per heavy atom. The van der Waals surface area contributed by atoms with Gasteiger partial charge < -0.3 is 19.6 Å². The predicted octanol–water partition coefficient (Wildman–Crippen LogP) is 8.74. The van der Waals surface area contributed by atoms with Crippen molar-refractivity contribution in [1.82, 2.24) is 14.1 Å². The number of ether oxygens (including phenoxy) is 1. The first-order valence-corrected chi connectivity index (χ1v) is 19.1. The van der Waals surface area contributed by atoms with Gasteiger partial charge in [0.2, 0.25) is 10.0 Å². The van der Waals surface area contributed by atoms with Gasteiger partial charge in [0.1, 0.15) is 22.3 Å². The molecule has 1 aliphatic rings. The Kier molecular flexibility index (Phi) is 11.4. The predicted molar refractivity (Wildman–Crippen MR) is 196 cm³/mol. The lowest BCUT2D eigenvalue weighted by Gasteiger charge is -2.40. The fourth-order valence-electron chi connectivity index (χ4n) is 6.56. The van der Waals surface area contributed by atoms with Crippen LogP contribution >= 0.6 is 22.9 Å². The highest BCUT2D eigenvalue weighted by molar-refractivity contribution is 7.89. The van der Waals surface area contributed by atoms with Gasteiger partial charge >= 0.3 is 6.09 Å². The molecule has 0 spiro atoms. The standard InChI is InChI=1S/C37H42ClF2N3O6S2/c1-37(2,3)43(36(45)46)20-22-7-12-26(13-8-22)42(35(44)34-32(38)31-28(39)16-17-29(40)33(31)50-34)21-25-19-24(11-18-30(25)49-6)23-9-14-27(15-10-23)51(47,48)41(4)5/h9-11,14-19,22,26H,7-8,12-13,20-21H2,1-6H3,(H,45,46). The number of methoxy groups -OCH3 is 1. The summed E-state index contributed by atoms with van der Waals surface area (Å²) < 4.78 is 61.7. The number of nitrogens with zero attached hydrogens (tertiary/aromatic N) is 3. The maximum atomic E-state index is 14.9. The second-order valence-electron chi connectivity index (χ2n) is 14.0. The summed E-state index contributed by atoms with van der Waals surface area (Å²) in [4.78, 5) is 29.8. The van der Waals surface area contributed by atoms with Gasteiger partial charge in [-0.25, -0.2) is 26.3 Å². The smallest absolute Gasteiger partial charge is 0.407 e. The summed E-state index contributed by atoms with van der Waals surface area (Å²) in [5, 5.41) is 9.58. The summed E-state index contributed by atoms with van der Waals surface area (Å²) in [6.07, 6.45) is 1.49. The number of thiophene rings is 1. The lowest BCUT2D eigenvalue weighted by atomic mass is 9.84. The normalized spacial score (nSPS) is 16.7. The van der Waals surface area contributed by atoms with Gasteiger partial charge in [-0.15, -0.1) is 11.3 Å². The van der Waals surface area contributed by atoms with Crippen LogP contribution in [0.3, 0.4) is 0 Å². The van der Waals surface area contributed by atoms with Crippen molar-refractivity contribution < 1.29 is 36.6 Å². The zero-order valence-electron chi connectivity index (χ0n) is 29.4. The molecular formula is C37H42ClF2N3O6S2. The molecule has 1 fully saturated rings. The summed E-state index contributed by atoms with van der Waals surface area (Å²) in [7, 11) is 0.836. The van der Waals surface area contributed by atoms with Crippen molar-refractivity contribution in [2.24, 2.45) is 5.92 Å². The Bertz CT molecular complexity index is 2040. The van der Waals surface area contributed by atoms with Gasteiger partial charge in [-0.2, -0.15) is 0 Å². The van der Waals surface area contributed by atoms with Gasteiger partial charge in [-0.1, -0.05) is 29.8 Å². The highest BCUT2D eigenvalue weighted by atomic mass is 35.5. The Morgan fingerprint density at radius 3 is 2.12 bits per heavy atom. The summed E-state index contributed by atoms with van der Waals surface area (Å²) in [5.74, 6) is -1.28. The maximum Gasteiger partial charge on any atom is 0.407 e. The molecule has 0 unspecified atom stereocenters. The number of benzene rings is 3. The minimum atomic E-state index is -3.62. The fourth-order valence-corrected chi connectivity index (χ4v) is 8.97. The van der Waals surface area contributed by atoms with Crippen molar-refractivity contribution in [3.05, 3.63) is 81.7 Å². The first kappa shape index (κ1) is 38.5. The van der Waals surface area contributed by atoms with E-state index in [-0.39, 0.29) is 43.4 Å². The molecule has 0 atom stereocenters. The molecular weight excluding hydrogens is 720 g/mol. The third-order valence-corrected chi connectivity index (χ3v) is 13.0. The third-order valence-electron chi connectivity index (χ3n) is 9.46. The van der Waals surface area contributed by atoms with E-state index >= 15 is 0 Å². The number of rotatable bonds is 10. The monoisotopic (exact) mass is 761 g/mol. The average molecular weight is 762 g/mol. The average Bonchev–Trinajstić information content (AvgIpc) is 3.45. The zero-order chi connectivity index (χ0) is 37.4. The van der Waals surface area contributed by atoms with Crippen LogP contribution < -0.4 is 4.74 Å². The van der Waals surface area contributed by atoms with Gasteiger partial charge in [0.15, 0.2) is 0 Å². The van der Waals surface area contributed by atoms with Crippen molar-refractivity contribution in [2.75, 3.05) is 27.7 Å². The number of sulfonamides is 1. The first-order chi connectivity index (χ1) is 23.9. The maximum absolute atomic E-state index is 14.9. The van der Waals surface area contributed by atoms with Gasteiger partial charge in [0.25, 0.3) is 5.91 Å². The van der Waals surface area contributed by atoms with E-state index in [0.29, 0.717) is 43.5 Å². The van der Waals surface area contributed by atoms with Crippen molar-refractivity contribution in [3.8, 4) is 16.9 Å². The largest absolute Gasteiger partial charge is 0.496 e. The summed E-state index contributed by atoms with van der Waals surface area (Å²) in [6.45, 7) is 6.02. The minimum Gasteiger partial charge on any atom is -0.496 e. The van der Waals surface area contributed by atoms with E-state index in [0.717, 1.165) is 38.9 Å².